The summed E-state index contributed by atoms with van der Waals surface area (Å²) in [6.07, 6.45) is -9.80. The summed E-state index contributed by atoms with van der Waals surface area (Å²) >= 11 is 1.09. The fraction of sp³-hybridized carbons (Fsp3) is 0.333. The molecular weight excluding hydrogens is 532 g/mol. The monoisotopic (exact) mass is 551 g/mol. The fourth-order valence-electron chi connectivity index (χ4n) is 3.31. The first-order chi connectivity index (χ1) is 17.3. The third kappa shape index (κ3) is 8.45. The number of halogens is 6. The maximum absolute atomic E-state index is 12.6. The number of rotatable bonds is 4. The third-order valence-corrected chi connectivity index (χ3v) is 5.51. The molecule has 1 aromatic heterocycles. The number of carboxylic acids is 1. The largest absolute Gasteiger partial charge is 0.573 e. The number of benzene rings is 2. The maximum Gasteiger partial charge on any atom is 0.573 e. The quantitative estimate of drug-likeness (QED) is 0.458. The minimum Gasteiger partial charge on any atom is -0.475 e. The number of urea groups is 1. The van der Waals surface area contributed by atoms with Crippen molar-refractivity contribution in [2.24, 2.45) is 0 Å². The molecule has 37 heavy (non-hydrogen) atoms. The number of fused-ring (bicyclic) bond motifs is 1. The number of anilines is 1. The normalized spacial score (nSPS) is 14.6. The molecule has 16 heteroatoms. The number of amides is 2. The number of aromatic nitrogens is 2. The van der Waals surface area contributed by atoms with Gasteiger partial charge in [0.05, 0.1) is 17.4 Å². The van der Waals surface area contributed by atoms with Crippen molar-refractivity contribution in [3.05, 3.63) is 48.0 Å². The van der Waals surface area contributed by atoms with Crippen LogP contribution in [-0.2, 0) is 11.3 Å². The van der Waals surface area contributed by atoms with E-state index in [-0.39, 0.29) is 11.8 Å². The number of hydrogen-bond acceptors (Lipinski definition) is 7. The van der Waals surface area contributed by atoms with E-state index in [0.717, 1.165) is 22.8 Å². The Kier molecular flexibility index (Phi) is 8.75. The van der Waals surface area contributed by atoms with E-state index in [1.54, 1.807) is 17.0 Å². The molecule has 4 rings (SSSR count). The highest BCUT2D eigenvalue weighted by molar-refractivity contribution is 7.00. The van der Waals surface area contributed by atoms with Gasteiger partial charge in [-0.1, -0.05) is 18.2 Å². The van der Waals surface area contributed by atoms with Gasteiger partial charge < -0.3 is 20.1 Å². The second kappa shape index (κ2) is 11.6. The van der Waals surface area contributed by atoms with Crippen LogP contribution in [0.5, 0.6) is 5.75 Å². The number of ether oxygens (including phenoxy) is 1. The molecule has 0 atom stereocenters. The average Bonchev–Trinajstić information content (AvgIpc) is 3.28. The van der Waals surface area contributed by atoms with Gasteiger partial charge in [-0.15, -0.1) is 13.2 Å². The lowest BCUT2D eigenvalue weighted by atomic mass is 10.2. The van der Waals surface area contributed by atoms with Crippen molar-refractivity contribution in [2.75, 3.05) is 31.5 Å². The summed E-state index contributed by atoms with van der Waals surface area (Å²) in [5, 5.41) is 10.0. The maximum atomic E-state index is 12.6. The number of nitrogens with zero attached hydrogens (tertiary/aromatic N) is 4. The lowest BCUT2D eigenvalue weighted by Crippen LogP contribution is -2.49. The van der Waals surface area contributed by atoms with Gasteiger partial charge in [-0.05, 0) is 29.8 Å². The zero-order valence-electron chi connectivity index (χ0n) is 18.7. The second-order valence-electron chi connectivity index (χ2n) is 7.63. The molecule has 2 aromatic carbocycles. The van der Waals surface area contributed by atoms with Crippen LogP contribution in [0.15, 0.2) is 42.5 Å². The average molecular weight is 551 g/mol. The first-order valence-electron chi connectivity index (χ1n) is 10.5. The van der Waals surface area contributed by atoms with Gasteiger partial charge in [0.1, 0.15) is 16.8 Å². The Morgan fingerprint density at radius 3 is 2.27 bits per heavy atom. The third-order valence-electron chi connectivity index (χ3n) is 4.97. The Bertz CT molecular complexity index is 1230. The van der Waals surface area contributed by atoms with E-state index in [0.29, 0.717) is 43.9 Å². The molecule has 2 heterocycles. The number of piperazine rings is 1. The Hall–Kier alpha value is -3.66. The highest BCUT2D eigenvalue weighted by atomic mass is 32.1. The van der Waals surface area contributed by atoms with Crippen LogP contribution >= 0.6 is 11.7 Å². The predicted octanol–water partition coefficient (Wildman–Crippen LogP) is 4.57. The SMILES string of the molecule is O=C(Nc1cccc2nsnc12)N1CCN(Cc2cccc(OC(F)(F)F)c2)CC1.O=C(O)C(F)(F)F. The van der Waals surface area contributed by atoms with Crippen LogP contribution in [0.25, 0.3) is 11.0 Å². The molecule has 2 amide bonds. The summed E-state index contributed by atoms with van der Waals surface area (Å²) in [7, 11) is 0. The molecular formula is C21H19F6N5O4S. The molecule has 0 saturated carbocycles. The van der Waals surface area contributed by atoms with Gasteiger partial charge >= 0.3 is 24.5 Å². The van der Waals surface area contributed by atoms with E-state index in [1.165, 1.54) is 18.2 Å². The van der Waals surface area contributed by atoms with E-state index in [1.807, 2.05) is 12.1 Å². The zero-order chi connectivity index (χ0) is 27.2. The Morgan fingerprint density at radius 1 is 1.00 bits per heavy atom. The molecule has 0 bridgehead atoms. The lowest BCUT2D eigenvalue weighted by molar-refractivity contribution is -0.274. The first-order valence-corrected chi connectivity index (χ1v) is 11.2. The van der Waals surface area contributed by atoms with Crippen LogP contribution in [0.4, 0.5) is 36.8 Å². The van der Waals surface area contributed by atoms with Gasteiger partial charge in [0.2, 0.25) is 0 Å². The molecule has 9 nitrogen and oxygen atoms in total. The van der Waals surface area contributed by atoms with E-state index < -0.39 is 18.5 Å². The molecule has 1 saturated heterocycles. The lowest BCUT2D eigenvalue weighted by Gasteiger charge is -2.34. The number of aliphatic carboxylic acids is 1. The molecule has 1 aliphatic heterocycles. The summed E-state index contributed by atoms with van der Waals surface area (Å²) in [5.74, 6) is -2.99. The number of carbonyl (C=O) groups is 2. The fourth-order valence-corrected chi connectivity index (χ4v) is 3.86. The topological polar surface area (TPSA) is 108 Å². The minimum absolute atomic E-state index is 0.212. The van der Waals surface area contributed by atoms with Crippen molar-refractivity contribution in [2.45, 2.75) is 19.1 Å². The zero-order valence-corrected chi connectivity index (χ0v) is 19.5. The van der Waals surface area contributed by atoms with Crippen molar-refractivity contribution in [1.82, 2.24) is 18.5 Å². The van der Waals surface area contributed by atoms with E-state index in [2.05, 4.69) is 23.7 Å². The van der Waals surface area contributed by atoms with Crippen molar-refractivity contribution in [3.63, 3.8) is 0 Å². The Morgan fingerprint density at radius 2 is 1.65 bits per heavy atom. The second-order valence-corrected chi connectivity index (χ2v) is 8.16. The number of carboxylic acid groups (broad SMARTS) is 1. The van der Waals surface area contributed by atoms with Crippen molar-refractivity contribution >= 4 is 40.4 Å². The predicted molar refractivity (Wildman–Crippen MR) is 120 cm³/mol. The molecule has 0 aliphatic carbocycles. The van der Waals surface area contributed by atoms with Gasteiger partial charge in [0.15, 0.2) is 0 Å². The minimum atomic E-state index is -5.08. The molecule has 3 aromatic rings. The van der Waals surface area contributed by atoms with Crippen molar-refractivity contribution in [1.29, 1.82) is 0 Å². The molecule has 200 valence electrons. The van der Waals surface area contributed by atoms with Gasteiger partial charge in [-0.2, -0.15) is 21.9 Å². The summed E-state index contributed by atoms with van der Waals surface area (Å²) in [5.41, 5.74) is 2.74. The van der Waals surface area contributed by atoms with Gasteiger partial charge in [-0.3, -0.25) is 4.90 Å². The van der Waals surface area contributed by atoms with Crippen LogP contribution in [0, 0.1) is 0 Å². The summed E-state index contributed by atoms with van der Waals surface area (Å²) in [6.45, 7) is 2.72. The molecule has 1 fully saturated rings. The molecule has 0 radical (unpaired) electrons. The Balaban J connectivity index is 0.000000479. The van der Waals surface area contributed by atoms with Crippen LogP contribution in [0.2, 0.25) is 0 Å². The summed E-state index contributed by atoms with van der Waals surface area (Å²) in [6, 6.07) is 11.2. The molecule has 0 unspecified atom stereocenters. The van der Waals surface area contributed by atoms with Gasteiger partial charge in [-0.25, -0.2) is 9.59 Å². The first kappa shape index (κ1) is 27.9. The van der Waals surface area contributed by atoms with Gasteiger partial charge in [0, 0.05) is 32.7 Å². The van der Waals surface area contributed by atoms with Crippen LogP contribution < -0.4 is 10.1 Å². The van der Waals surface area contributed by atoms with Crippen LogP contribution in [0.3, 0.4) is 0 Å². The van der Waals surface area contributed by atoms with E-state index in [4.69, 9.17) is 9.90 Å². The number of nitrogens with one attached hydrogen (secondary N) is 1. The molecule has 2 N–H and O–H groups in total. The number of carbonyl (C=O) groups excluding carboxylic acids is 1. The smallest absolute Gasteiger partial charge is 0.475 e. The number of alkyl halides is 6. The molecule has 1 aliphatic rings. The number of hydrogen-bond donors (Lipinski definition) is 2. The Labute approximate surface area is 209 Å². The van der Waals surface area contributed by atoms with Crippen LogP contribution in [-0.4, -0.2) is 74.4 Å². The highest BCUT2D eigenvalue weighted by Gasteiger charge is 2.38. The summed E-state index contributed by atoms with van der Waals surface area (Å²) in [4.78, 5) is 25.3. The highest BCUT2D eigenvalue weighted by Crippen LogP contribution is 2.24. The summed E-state index contributed by atoms with van der Waals surface area (Å²) < 4.78 is 81.3. The van der Waals surface area contributed by atoms with Crippen molar-refractivity contribution in [3.8, 4) is 5.75 Å². The van der Waals surface area contributed by atoms with Gasteiger partial charge in [0.25, 0.3) is 0 Å². The standard InChI is InChI=1S/C19H18F3N5O2S.C2HF3O2/c20-19(21,22)29-14-4-1-3-13(11-14)12-26-7-9-27(10-8-26)18(28)23-15-5-2-6-16-17(15)25-30-24-16;3-2(4,5)1(6)7/h1-6,11H,7-10,12H2,(H,23,28);(H,6,7). The van der Waals surface area contributed by atoms with Crippen molar-refractivity contribution < 1.29 is 45.8 Å². The van der Waals surface area contributed by atoms with E-state index in [9.17, 15) is 31.1 Å². The van der Waals surface area contributed by atoms with E-state index >= 15 is 0 Å². The molecule has 0 spiro atoms. The van der Waals surface area contributed by atoms with Crippen LogP contribution in [0.1, 0.15) is 5.56 Å².